The van der Waals surface area contributed by atoms with Crippen LogP contribution in [0.2, 0.25) is 0 Å². The molecule has 0 bridgehead atoms. The highest BCUT2D eigenvalue weighted by Crippen LogP contribution is 2.61. The standard InChI is InChI=1S/C23H36N7O19P3S/c1-23(2,16(33)19(34)26-4-3-12(31)25-5-6-53-22(37)21(35)36)8-46-52(43,44)49-51(41,42)45-7-11-15(48-50(38,39)40)14(32)20(47-11)30-10-29-13-17(24)27-9-28-18(13)30/h9-11,14-16,20,32-33H,3-8H2,1-2H3,(H,25,31)(H,26,34)(H,35,36)(H,41,42)(H,43,44)(H2,24,27,28)(H2,38,39,40)/t11-,14?,15?,16+,20-/m0/s1. The number of nitrogens with one attached hydrogen (secondary N) is 2. The number of rotatable bonds is 19. The van der Waals surface area contributed by atoms with Crippen LogP contribution in [0.3, 0.4) is 0 Å². The molecule has 1 fully saturated rings. The highest BCUT2D eigenvalue weighted by Gasteiger charge is 2.50. The number of carbonyl (C=O) groups excluding carboxylic acids is 3. The molecule has 2 amide bonds. The molecule has 2 aromatic rings. The maximum atomic E-state index is 12.6. The van der Waals surface area contributed by atoms with E-state index in [9.17, 15) is 62.7 Å². The number of aliphatic hydroxyl groups excluding tert-OH is 2. The van der Waals surface area contributed by atoms with Gasteiger partial charge in [-0.2, -0.15) is 4.31 Å². The van der Waals surface area contributed by atoms with Crippen molar-refractivity contribution in [2.75, 3.05) is 37.8 Å². The Balaban J connectivity index is 1.53. The maximum absolute atomic E-state index is 12.6. The van der Waals surface area contributed by atoms with Gasteiger partial charge < -0.3 is 56.0 Å². The molecule has 0 aliphatic carbocycles. The SMILES string of the molecule is CC(C)(COP(=O)(O)OP(=O)(O)OC[C@@H]1O[C@H](n2cnc3c(N)ncnc32)C(O)C1OP(=O)(O)O)[C@H](O)C(=O)NCCC(=O)NCCSC(=O)C(=O)O. The summed E-state index contributed by atoms with van der Waals surface area (Å²) in [6, 6.07) is 0. The van der Waals surface area contributed by atoms with Gasteiger partial charge in [-0.05, 0) is 0 Å². The molecular formula is C23H36N7O19P3S. The third-order valence-corrected chi connectivity index (χ3v) is 10.9. The van der Waals surface area contributed by atoms with E-state index in [4.69, 9.17) is 24.6 Å². The fourth-order valence-corrected chi connectivity index (χ4v) is 7.68. The van der Waals surface area contributed by atoms with Crippen LogP contribution in [0.25, 0.3) is 11.2 Å². The van der Waals surface area contributed by atoms with E-state index < -0.39 is 95.6 Å². The first-order valence-electron chi connectivity index (χ1n) is 14.7. The summed E-state index contributed by atoms with van der Waals surface area (Å²) in [5.74, 6) is -3.32. The van der Waals surface area contributed by atoms with E-state index in [0.717, 1.165) is 17.2 Å². The predicted molar refractivity (Wildman–Crippen MR) is 175 cm³/mol. The lowest BCUT2D eigenvalue weighted by atomic mass is 9.87. The number of anilines is 1. The van der Waals surface area contributed by atoms with Gasteiger partial charge in [0, 0.05) is 30.7 Å². The van der Waals surface area contributed by atoms with E-state index in [1.165, 1.54) is 13.8 Å². The molecule has 1 saturated heterocycles. The number of nitrogens with zero attached hydrogens (tertiary/aromatic N) is 4. The fourth-order valence-electron chi connectivity index (χ4n) is 4.34. The van der Waals surface area contributed by atoms with Gasteiger partial charge in [0.15, 0.2) is 17.7 Å². The van der Waals surface area contributed by atoms with Crippen LogP contribution >= 0.6 is 35.2 Å². The number of ether oxygens (including phenoxy) is 1. The number of imidazole rings is 1. The third-order valence-electron chi connectivity index (χ3n) is 6.91. The number of hydrogen-bond acceptors (Lipinski definition) is 19. The number of hydrogen-bond donors (Lipinski definition) is 10. The number of phosphoric ester groups is 3. The Kier molecular flexibility index (Phi) is 15.2. The number of amides is 2. The molecule has 298 valence electrons. The molecule has 0 spiro atoms. The van der Waals surface area contributed by atoms with Crippen molar-refractivity contribution in [1.82, 2.24) is 30.2 Å². The van der Waals surface area contributed by atoms with Crippen LogP contribution in [-0.2, 0) is 55.5 Å². The molecule has 2 aromatic heterocycles. The molecule has 26 nitrogen and oxygen atoms in total. The number of nitrogen functional groups attached to an aromatic ring is 1. The summed E-state index contributed by atoms with van der Waals surface area (Å²) in [6.45, 7) is 0.0165. The Morgan fingerprint density at radius 1 is 1.06 bits per heavy atom. The number of carboxylic acids is 1. The molecule has 1 aliphatic heterocycles. The largest absolute Gasteiger partial charge is 0.481 e. The van der Waals surface area contributed by atoms with Gasteiger partial charge in [0.05, 0.1) is 19.5 Å². The lowest BCUT2D eigenvalue weighted by Gasteiger charge is -2.30. The van der Waals surface area contributed by atoms with Gasteiger partial charge in [-0.25, -0.2) is 33.4 Å². The Morgan fingerprint density at radius 3 is 2.36 bits per heavy atom. The highest BCUT2D eigenvalue weighted by molar-refractivity contribution is 8.15. The van der Waals surface area contributed by atoms with Crippen LogP contribution in [-0.4, -0.2) is 134 Å². The molecule has 0 radical (unpaired) electrons. The van der Waals surface area contributed by atoms with Crippen molar-refractivity contribution in [2.24, 2.45) is 5.41 Å². The first-order valence-corrected chi connectivity index (χ1v) is 20.2. The van der Waals surface area contributed by atoms with Crippen molar-refractivity contribution in [2.45, 2.75) is 50.9 Å². The van der Waals surface area contributed by atoms with Crippen LogP contribution < -0.4 is 16.4 Å². The van der Waals surface area contributed by atoms with Crippen LogP contribution in [0.5, 0.6) is 0 Å². The molecule has 53 heavy (non-hydrogen) atoms. The molecule has 1 aliphatic rings. The number of thioether (sulfide) groups is 1. The van der Waals surface area contributed by atoms with Gasteiger partial charge in [0.25, 0.3) is 5.12 Å². The summed E-state index contributed by atoms with van der Waals surface area (Å²) in [5, 5.41) is 33.3. The minimum atomic E-state index is -5.59. The molecule has 4 unspecified atom stereocenters. The molecule has 30 heteroatoms. The average molecular weight is 840 g/mol. The zero-order valence-corrected chi connectivity index (χ0v) is 30.9. The number of aliphatic hydroxyl groups is 2. The molecule has 0 aromatic carbocycles. The Morgan fingerprint density at radius 2 is 1.72 bits per heavy atom. The number of carbonyl (C=O) groups is 4. The summed E-state index contributed by atoms with van der Waals surface area (Å²) in [4.78, 5) is 96.5. The van der Waals surface area contributed by atoms with Crippen molar-refractivity contribution in [3.63, 3.8) is 0 Å². The number of nitrogens with two attached hydrogens (primary N) is 1. The second-order valence-electron chi connectivity index (χ2n) is 11.5. The zero-order valence-electron chi connectivity index (χ0n) is 27.4. The van der Waals surface area contributed by atoms with Gasteiger partial charge >= 0.3 is 29.4 Å². The van der Waals surface area contributed by atoms with Gasteiger partial charge in [-0.1, -0.05) is 25.6 Å². The van der Waals surface area contributed by atoms with E-state index in [-0.39, 0.29) is 42.2 Å². The smallest absolute Gasteiger partial charge is 0.475 e. The summed E-state index contributed by atoms with van der Waals surface area (Å²) in [6.07, 6.45) is -7.16. The van der Waals surface area contributed by atoms with Gasteiger partial charge in [-0.3, -0.25) is 32.5 Å². The summed E-state index contributed by atoms with van der Waals surface area (Å²) >= 11 is 0.479. The van der Waals surface area contributed by atoms with E-state index in [2.05, 4.69) is 34.4 Å². The van der Waals surface area contributed by atoms with Crippen molar-refractivity contribution in [3.05, 3.63) is 12.7 Å². The Hall–Kier alpha value is -2.97. The first kappa shape index (κ1) is 44.4. The second-order valence-corrected chi connectivity index (χ2v) is 16.8. The summed E-state index contributed by atoms with van der Waals surface area (Å²) in [7, 11) is -16.4. The minimum Gasteiger partial charge on any atom is -0.475 e. The number of carboxylic acid groups (broad SMARTS) is 1. The summed E-state index contributed by atoms with van der Waals surface area (Å²) < 4.78 is 61.7. The number of aromatic nitrogens is 4. The molecule has 3 rings (SSSR count). The second kappa shape index (κ2) is 18.1. The van der Waals surface area contributed by atoms with E-state index >= 15 is 0 Å². The quantitative estimate of drug-likeness (QED) is 0.0406. The third kappa shape index (κ3) is 13.1. The molecule has 3 heterocycles. The van der Waals surface area contributed by atoms with Crippen LogP contribution in [0.4, 0.5) is 5.82 Å². The van der Waals surface area contributed by atoms with Crippen molar-refractivity contribution >= 4 is 75.1 Å². The van der Waals surface area contributed by atoms with E-state index in [1.807, 2.05) is 0 Å². The maximum Gasteiger partial charge on any atom is 0.481 e. The fraction of sp³-hybridized carbons (Fsp3) is 0.609. The highest BCUT2D eigenvalue weighted by atomic mass is 32.2. The molecule has 0 saturated carbocycles. The van der Waals surface area contributed by atoms with Crippen LogP contribution in [0, 0.1) is 5.41 Å². The zero-order chi connectivity index (χ0) is 39.9. The van der Waals surface area contributed by atoms with E-state index in [1.54, 1.807) is 0 Å². The number of phosphoric acid groups is 3. The van der Waals surface area contributed by atoms with Crippen molar-refractivity contribution in [3.8, 4) is 0 Å². The normalized spacial score (nSPS) is 22.1. The van der Waals surface area contributed by atoms with Gasteiger partial charge in [-0.15, -0.1) is 0 Å². The minimum absolute atomic E-state index is 0.0153. The lowest BCUT2D eigenvalue weighted by Crippen LogP contribution is -2.46. The van der Waals surface area contributed by atoms with Gasteiger partial charge in [0.2, 0.25) is 11.8 Å². The Bertz CT molecular complexity index is 1810. The predicted octanol–water partition coefficient (Wildman–Crippen LogP) is -2.25. The van der Waals surface area contributed by atoms with Crippen LogP contribution in [0.15, 0.2) is 12.7 Å². The number of fused-ring (bicyclic) bond motifs is 1. The number of aliphatic carboxylic acids is 1. The Labute approximate surface area is 302 Å². The first-order chi connectivity index (χ1) is 24.4. The topological polar surface area (TPSA) is 401 Å². The molecule has 11 N–H and O–H groups in total. The summed E-state index contributed by atoms with van der Waals surface area (Å²) in [5.41, 5.74) is 4.18. The van der Waals surface area contributed by atoms with Crippen molar-refractivity contribution in [1.29, 1.82) is 0 Å². The van der Waals surface area contributed by atoms with Gasteiger partial charge in [0.1, 0.15) is 36.3 Å². The average Bonchev–Trinajstić information content (AvgIpc) is 3.60. The van der Waals surface area contributed by atoms with Crippen LogP contribution in [0.1, 0.15) is 26.5 Å². The lowest BCUT2D eigenvalue weighted by molar-refractivity contribution is -0.144. The monoisotopic (exact) mass is 839 g/mol. The van der Waals surface area contributed by atoms with E-state index in [0.29, 0.717) is 11.8 Å². The molecular weight excluding hydrogens is 803 g/mol. The molecule has 7 atom stereocenters. The van der Waals surface area contributed by atoms with Crippen molar-refractivity contribution < 1.29 is 90.4 Å².